The van der Waals surface area contributed by atoms with Gasteiger partial charge in [-0.1, -0.05) is 0 Å². The lowest BCUT2D eigenvalue weighted by molar-refractivity contribution is -0.100. The molecular weight excluding hydrogens is 415 g/mol. The summed E-state index contributed by atoms with van der Waals surface area (Å²) in [5.41, 5.74) is 1.36. The van der Waals surface area contributed by atoms with E-state index in [1.807, 2.05) is 13.0 Å². The third kappa shape index (κ3) is 2.94. The van der Waals surface area contributed by atoms with Crippen molar-refractivity contribution in [2.75, 3.05) is 12.1 Å². The minimum atomic E-state index is -4.40. The molecule has 1 aliphatic carbocycles. The highest BCUT2D eigenvalue weighted by molar-refractivity contribution is 5.74. The van der Waals surface area contributed by atoms with Crippen LogP contribution in [0.1, 0.15) is 24.9 Å². The number of ether oxygens (including phenoxy) is 2. The fourth-order valence-electron chi connectivity index (χ4n) is 3.98. The smallest absolute Gasteiger partial charge is 0.412 e. The van der Waals surface area contributed by atoms with E-state index in [1.165, 1.54) is 22.3 Å². The van der Waals surface area contributed by atoms with Gasteiger partial charge >= 0.3 is 11.9 Å². The maximum Gasteiger partial charge on any atom is 0.412 e. The van der Waals surface area contributed by atoms with Gasteiger partial charge in [-0.2, -0.15) is 18.2 Å². The van der Waals surface area contributed by atoms with E-state index in [-0.39, 0.29) is 30.4 Å². The van der Waals surface area contributed by atoms with E-state index < -0.39 is 23.5 Å². The maximum absolute atomic E-state index is 13.1. The van der Waals surface area contributed by atoms with Crippen LogP contribution in [0.25, 0.3) is 11.2 Å². The Hall–Kier alpha value is -3.50. The highest BCUT2D eigenvalue weighted by Gasteiger charge is 2.45. The third-order valence-corrected chi connectivity index (χ3v) is 5.83. The van der Waals surface area contributed by atoms with E-state index >= 15 is 0 Å². The van der Waals surface area contributed by atoms with Gasteiger partial charge in [-0.15, -0.1) is 0 Å². The van der Waals surface area contributed by atoms with Crippen molar-refractivity contribution in [1.29, 1.82) is 0 Å². The van der Waals surface area contributed by atoms with Crippen molar-refractivity contribution in [3.8, 4) is 11.5 Å². The lowest BCUT2D eigenvalue weighted by Crippen LogP contribution is -2.35. The number of benzene rings is 1. The predicted molar refractivity (Wildman–Crippen MR) is 106 cm³/mol. The molecule has 1 aromatic carbocycles. The van der Waals surface area contributed by atoms with Crippen molar-refractivity contribution in [3.05, 3.63) is 45.5 Å². The first-order chi connectivity index (χ1) is 14.6. The van der Waals surface area contributed by atoms with Gasteiger partial charge in [-0.3, -0.25) is 9.13 Å². The Morgan fingerprint density at radius 2 is 1.90 bits per heavy atom. The number of halogens is 3. The van der Waals surface area contributed by atoms with Gasteiger partial charge < -0.3 is 14.8 Å². The Bertz CT molecular complexity index is 1320. The summed E-state index contributed by atoms with van der Waals surface area (Å²) in [5, 5.41) is 3.09. The van der Waals surface area contributed by atoms with E-state index in [9.17, 15) is 18.0 Å². The number of nitrogens with one attached hydrogen (secondary N) is 1. The number of hydrogen-bond acceptors (Lipinski definition) is 6. The average Bonchev–Trinajstić information content (AvgIpc) is 3.24. The predicted octanol–water partition coefficient (Wildman–Crippen LogP) is 3.73. The highest BCUT2D eigenvalue weighted by Crippen LogP contribution is 2.47. The second kappa shape index (κ2) is 6.50. The van der Waals surface area contributed by atoms with Crippen LogP contribution in [0.5, 0.6) is 11.5 Å². The topological polar surface area (TPSA) is 83.2 Å². The third-order valence-electron chi connectivity index (χ3n) is 5.83. The van der Waals surface area contributed by atoms with E-state index in [4.69, 9.17) is 9.47 Å². The number of nitrogens with zero attached hydrogens (tertiary/aromatic N) is 4. The number of rotatable bonds is 3. The Morgan fingerprint density at radius 1 is 1.19 bits per heavy atom. The van der Waals surface area contributed by atoms with Crippen molar-refractivity contribution in [2.24, 2.45) is 7.05 Å². The van der Waals surface area contributed by atoms with Crippen LogP contribution in [0.4, 0.5) is 24.8 Å². The second-order valence-corrected chi connectivity index (χ2v) is 7.64. The average molecular weight is 433 g/mol. The molecule has 1 N–H and O–H groups in total. The normalized spacial score (nSPS) is 17.9. The number of aryl methyl sites for hydroxylation is 2. The molecule has 0 saturated heterocycles. The summed E-state index contributed by atoms with van der Waals surface area (Å²) in [4.78, 5) is 21.5. The minimum absolute atomic E-state index is 0.127. The van der Waals surface area contributed by atoms with Gasteiger partial charge in [0, 0.05) is 30.8 Å². The van der Waals surface area contributed by atoms with E-state index in [0.717, 1.165) is 5.56 Å². The van der Waals surface area contributed by atoms with Gasteiger partial charge in [0.25, 0.3) is 0 Å². The fourth-order valence-corrected chi connectivity index (χ4v) is 3.98. The molecule has 3 heterocycles. The number of anilines is 2. The SMILES string of the molecule is CC1=C(C(F)(F)F)CC1n1c(=O)n(C)c2cnc(Nc3cc4c(cc3C)OCO4)nc21. The van der Waals surface area contributed by atoms with Crippen LogP contribution in [-0.2, 0) is 7.05 Å². The fraction of sp³-hybridized carbons (Fsp3) is 0.350. The molecule has 162 valence electrons. The summed E-state index contributed by atoms with van der Waals surface area (Å²) >= 11 is 0. The Kier molecular flexibility index (Phi) is 4.08. The van der Waals surface area contributed by atoms with E-state index in [1.54, 1.807) is 13.1 Å². The quantitative estimate of drug-likeness (QED) is 0.634. The van der Waals surface area contributed by atoms with Crippen LogP contribution >= 0.6 is 0 Å². The van der Waals surface area contributed by atoms with Crippen molar-refractivity contribution < 1.29 is 22.6 Å². The van der Waals surface area contributed by atoms with Crippen LogP contribution in [0, 0.1) is 6.92 Å². The van der Waals surface area contributed by atoms with Crippen LogP contribution < -0.4 is 20.5 Å². The van der Waals surface area contributed by atoms with Gasteiger partial charge in [0.1, 0.15) is 5.52 Å². The number of imidazole rings is 1. The minimum Gasteiger partial charge on any atom is -0.454 e. The lowest BCUT2D eigenvalue weighted by atomic mass is 9.83. The molecule has 8 nitrogen and oxygen atoms in total. The number of aromatic nitrogens is 4. The molecule has 1 atom stereocenters. The first-order valence-corrected chi connectivity index (χ1v) is 9.53. The zero-order chi connectivity index (χ0) is 22.1. The van der Waals surface area contributed by atoms with Crippen LogP contribution in [0.15, 0.2) is 34.3 Å². The summed E-state index contributed by atoms with van der Waals surface area (Å²) in [6.07, 6.45) is -3.18. The van der Waals surface area contributed by atoms with Gasteiger partial charge in [0.05, 0.1) is 12.2 Å². The number of alkyl halides is 3. The van der Waals surface area contributed by atoms with Gasteiger partial charge in [0.2, 0.25) is 12.7 Å². The summed E-state index contributed by atoms with van der Waals surface area (Å²) in [6.45, 7) is 3.42. The lowest BCUT2D eigenvalue weighted by Gasteiger charge is -2.33. The molecule has 31 heavy (non-hydrogen) atoms. The zero-order valence-corrected chi connectivity index (χ0v) is 16.9. The largest absolute Gasteiger partial charge is 0.454 e. The Balaban J connectivity index is 1.56. The molecule has 3 aromatic rings. The molecule has 0 saturated carbocycles. The van der Waals surface area contributed by atoms with Crippen LogP contribution in [0.2, 0.25) is 0 Å². The molecule has 0 spiro atoms. The maximum atomic E-state index is 13.1. The molecule has 0 bridgehead atoms. The van der Waals surface area contributed by atoms with E-state index in [2.05, 4.69) is 15.3 Å². The molecule has 2 aliphatic rings. The molecule has 11 heteroatoms. The molecule has 1 unspecified atom stereocenters. The van der Waals surface area contributed by atoms with E-state index in [0.29, 0.717) is 22.7 Å². The van der Waals surface area contributed by atoms with Gasteiger partial charge in [-0.05, 0) is 31.1 Å². The second-order valence-electron chi connectivity index (χ2n) is 7.64. The summed E-state index contributed by atoms with van der Waals surface area (Å²) < 4.78 is 52.7. The molecule has 2 aromatic heterocycles. The summed E-state index contributed by atoms with van der Waals surface area (Å²) in [7, 11) is 1.54. The molecule has 5 rings (SSSR count). The molecule has 0 radical (unpaired) electrons. The standard InChI is InChI=1S/C20H18F3N5O3/c1-9-4-15-16(31-8-30-15)6-12(9)25-18-24-7-14-17(26-18)28(19(29)27(14)3)13-5-11(10(13)2)20(21,22)23/h4,6-7,13H,5,8H2,1-3H3,(H,24,25,26). The highest BCUT2D eigenvalue weighted by atomic mass is 19.4. The Labute approximate surface area is 173 Å². The number of fused-ring (bicyclic) bond motifs is 2. The van der Waals surface area contributed by atoms with Crippen LogP contribution in [0.3, 0.4) is 0 Å². The van der Waals surface area contributed by atoms with Crippen molar-refractivity contribution in [2.45, 2.75) is 32.5 Å². The van der Waals surface area contributed by atoms with Crippen LogP contribution in [-0.4, -0.2) is 32.1 Å². The summed E-state index contributed by atoms with van der Waals surface area (Å²) in [6, 6.07) is 2.89. The molecule has 1 aliphatic heterocycles. The zero-order valence-electron chi connectivity index (χ0n) is 16.9. The van der Waals surface area contributed by atoms with Crippen molar-refractivity contribution in [1.82, 2.24) is 19.1 Å². The first kappa shape index (κ1) is 19.5. The number of allylic oxidation sites excluding steroid dienone is 2. The molecule has 0 amide bonds. The first-order valence-electron chi connectivity index (χ1n) is 9.53. The Morgan fingerprint density at radius 3 is 2.58 bits per heavy atom. The summed E-state index contributed by atoms with van der Waals surface area (Å²) in [5.74, 6) is 1.44. The molecule has 0 fully saturated rings. The molecular formula is C20H18F3N5O3. The van der Waals surface area contributed by atoms with Crippen molar-refractivity contribution in [3.63, 3.8) is 0 Å². The number of hydrogen-bond donors (Lipinski definition) is 1. The van der Waals surface area contributed by atoms with Crippen molar-refractivity contribution >= 4 is 22.8 Å². The monoisotopic (exact) mass is 433 g/mol. The van der Waals surface area contributed by atoms with Gasteiger partial charge in [0.15, 0.2) is 17.1 Å². The van der Waals surface area contributed by atoms with Gasteiger partial charge in [-0.25, -0.2) is 9.78 Å².